The van der Waals surface area contributed by atoms with Gasteiger partial charge in [-0.3, -0.25) is 0 Å². The van der Waals surface area contributed by atoms with Crippen molar-refractivity contribution >= 4 is 24.0 Å². The van der Waals surface area contributed by atoms with Crippen molar-refractivity contribution in [3.05, 3.63) is 78.6 Å². The van der Waals surface area contributed by atoms with Gasteiger partial charge >= 0.3 is 0 Å². The van der Waals surface area contributed by atoms with Crippen LogP contribution in [-0.4, -0.2) is 5.11 Å². The van der Waals surface area contributed by atoms with Gasteiger partial charge in [0, 0.05) is 7.92 Å². The molecular weight excluding hydrogens is 279 g/mol. The Kier molecular flexibility index (Phi) is 4.19. The average molecular weight is 296 g/mol. The Balaban J connectivity index is 2.08. The van der Waals surface area contributed by atoms with Gasteiger partial charge in [0.15, 0.2) is 0 Å². The summed E-state index contributed by atoms with van der Waals surface area (Å²) in [6.45, 7) is 1.72. The summed E-state index contributed by atoms with van der Waals surface area (Å²) in [7, 11) is -0.728. The van der Waals surface area contributed by atoms with E-state index in [2.05, 4.69) is 24.3 Å². The van der Waals surface area contributed by atoms with Crippen LogP contribution < -0.4 is 16.1 Å². The fourth-order valence-corrected chi connectivity index (χ4v) is 4.41. The third-order valence-corrected chi connectivity index (χ3v) is 5.58. The molecule has 0 saturated heterocycles. The Bertz CT molecular complexity index is 650. The van der Waals surface area contributed by atoms with Crippen molar-refractivity contribution in [2.45, 2.75) is 13.0 Å². The first-order valence-corrected chi connectivity index (χ1v) is 8.28. The van der Waals surface area contributed by atoms with Gasteiger partial charge in [0.25, 0.3) is 0 Å². The van der Waals surface area contributed by atoms with E-state index in [0.29, 0.717) is 5.76 Å². The number of hydrogen-bond donors (Lipinski definition) is 1. The molecule has 0 saturated carbocycles. The van der Waals surface area contributed by atoms with Crippen LogP contribution in [0.2, 0.25) is 0 Å². The number of benzene rings is 2. The standard InChI is InChI=1S/C18H17O2P/c1-14(19)17-12-13-18(20-17)21(15-8-4-2-5-9-15)16-10-6-3-7-11-16/h2-14,19H,1H3. The average Bonchev–Trinajstić information content (AvgIpc) is 3.00. The second-order valence-electron chi connectivity index (χ2n) is 4.86. The van der Waals surface area contributed by atoms with E-state index in [-0.39, 0.29) is 0 Å². The molecule has 0 aliphatic carbocycles. The smallest absolute Gasteiger partial charge is 0.134 e. The van der Waals surface area contributed by atoms with Crippen molar-refractivity contribution in [1.82, 2.24) is 0 Å². The maximum atomic E-state index is 9.67. The Morgan fingerprint density at radius 3 is 1.76 bits per heavy atom. The highest BCUT2D eigenvalue weighted by Gasteiger charge is 2.20. The van der Waals surface area contributed by atoms with Crippen LogP contribution in [0.4, 0.5) is 0 Å². The molecule has 3 rings (SSSR count). The minimum Gasteiger partial charge on any atom is -0.458 e. The van der Waals surface area contributed by atoms with Crippen molar-refractivity contribution in [2.75, 3.05) is 0 Å². The van der Waals surface area contributed by atoms with Crippen molar-refractivity contribution in [1.29, 1.82) is 0 Å². The van der Waals surface area contributed by atoms with Gasteiger partial charge in [-0.15, -0.1) is 0 Å². The van der Waals surface area contributed by atoms with E-state index in [1.54, 1.807) is 6.92 Å². The van der Waals surface area contributed by atoms with Gasteiger partial charge in [-0.2, -0.15) is 0 Å². The highest BCUT2D eigenvalue weighted by Crippen LogP contribution is 2.33. The molecule has 1 atom stereocenters. The minimum absolute atomic E-state index is 0.581. The molecule has 0 fully saturated rings. The largest absolute Gasteiger partial charge is 0.458 e. The lowest BCUT2D eigenvalue weighted by molar-refractivity contribution is 0.171. The topological polar surface area (TPSA) is 33.4 Å². The van der Waals surface area contributed by atoms with E-state index in [4.69, 9.17) is 4.42 Å². The van der Waals surface area contributed by atoms with Crippen LogP contribution >= 0.6 is 7.92 Å². The number of aliphatic hydroxyl groups excluding tert-OH is 1. The predicted molar refractivity (Wildman–Crippen MR) is 88.0 cm³/mol. The van der Waals surface area contributed by atoms with Crippen molar-refractivity contribution in [3.63, 3.8) is 0 Å². The van der Waals surface area contributed by atoms with E-state index in [1.165, 1.54) is 10.6 Å². The van der Waals surface area contributed by atoms with E-state index in [1.807, 2.05) is 48.5 Å². The summed E-state index contributed by atoms with van der Waals surface area (Å²) in [5.74, 6) is 0.615. The van der Waals surface area contributed by atoms with Gasteiger partial charge in [0.2, 0.25) is 0 Å². The monoisotopic (exact) mass is 296 g/mol. The molecule has 1 heterocycles. The molecule has 0 spiro atoms. The van der Waals surface area contributed by atoms with Gasteiger partial charge in [0.1, 0.15) is 17.4 Å². The highest BCUT2D eigenvalue weighted by molar-refractivity contribution is 7.79. The second kappa shape index (κ2) is 6.26. The molecule has 3 heteroatoms. The summed E-state index contributed by atoms with van der Waals surface area (Å²) in [6.07, 6.45) is -0.581. The Labute approximate surface area is 125 Å². The quantitative estimate of drug-likeness (QED) is 0.751. The molecule has 2 aromatic carbocycles. The van der Waals surface area contributed by atoms with Gasteiger partial charge in [-0.1, -0.05) is 60.7 Å². The summed E-state index contributed by atoms with van der Waals surface area (Å²) in [5, 5.41) is 12.2. The van der Waals surface area contributed by atoms with Crippen molar-refractivity contribution in [2.24, 2.45) is 0 Å². The molecule has 2 nitrogen and oxygen atoms in total. The lowest BCUT2D eigenvalue weighted by Gasteiger charge is -2.16. The molecule has 0 bridgehead atoms. The van der Waals surface area contributed by atoms with Gasteiger partial charge in [-0.05, 0) is 29.7 Å². The molecule has 1 aromatic heterocycles. The van der Waals surface area contributed by atoms with Gasteiger partial charge < -0.3 is 9.52 Å². The lowest BCUT2D eigenvalue weighted by Crippen LogP contribution is -2.19. The first kappa shape index (κ1) is 14.1. The van der Waals surface area contributed by atoms with Crippen LogP contribution in [0.25, 0.3) is 0 Å². The number of hydrogen-bond acceptors (Lipinski definition) is 2. The van der Waals surface area contributed by atoms with Gasteiger partial charge in [0.05, 0.1) is 0 Å². The van der Waals surface area contributed by atoms with Crippen molar-refractivity contribution in [3.8, 4) is 0 Å². The molecule has 0 aliphatic rings. The summed E-state index contributed by atoms with van der Waals surface area (Å²) in [5.41, 5.74) is 0.915. The maximum absolute atomic E-state index is 9.67. The van der Waals surface area contributed by atoms with E-state index in [0.717, 1.165) is 5.50 Å². The fourth-order valence-electron chi connectivity index (χ4n) is 2.24. The van der Waals surface area contributed by atoms with Gasteiger partial charge in [-0.25, -0.2) is 0 Å². The molecule has 1 unspecified atom stereocenters. The van der Waals surface area contributed by atoms with Crippen LogP contribution in [0.15, 0.2) is 77.2 Å². The van der Waals surface area contributed by atoms with Crippen LogP contribution in [0.3, 0.4) is 0 Å². The minimum atomic E-state index is -0.728. The molecule has 0 radical (unpaired) electrons. The van der Waals surface area contributed by atoms with Crippen molar-refractivity contribution < 1.29 is 9.52 Å². The zero-order valence-corrected chi connectivity index (χ0v) is 12.7. The Hall–Kier alpha value is -1.89. The molecule has 0 amide bonds. The highest BCUT2D eigenvalue weighted by atomic mass is 31.1. The van der Waals surface area contributed by atoms with Crippen LogP contribution in [0.1, 0.15) is 18.8 Å². The SMILES string of the molecule is CC(O)c1ccc(P(c2ccccc2)c2ccccc2)o1. The van der Waals surface area contributed by atoms with E-state index < -0.39 is 14.0 Å². The summed E-state index contributed by atoms with van der Waals surface area (Å²) >= 11 is 0. The number of rotatable bonds is 4. The number of aliphatic hydroxyl groups is 1. The molecule has 106 valence electrons. The molecule has 21 heavy (non-hydrogen) atoms. The summed E-state index contributed by atoms with van der Waals surface area (Å²) < 4.78 is 5.89. The lowest BCUT2D eigenvalue weighted by atomic mass is 10.3. The third kappa shape index (κ3) is 3.07. The Morgan fingerprint density at radius 2 is 1.33 bits per heavy atom. The van der Waals surface area contributed by atoms with E-state index >= 15 is 0 Å². The third-order valence-electron chi connectivity index (χ3n) is 3.27. The van der Waals surface area contributed by atoms with Crippen LogP contribution in [0.5, 0.6) is 0 Å². The molecule has 3 aromatic rings. The first-order valence-electron chi connectivity index (χ1n) is 6.94. The maximum Gasteiger partial charge on any atom is 0.134 e. The molecule has 1 N–H and O–H groups in total. The fraction of sp³-hybridized carbons (Fsp3) is 0.111. The Morgan fingerprint density at radius 1 is 0.810 bits per heavy atom. The summed E-state index contributed by atoms with van der Waals surface area (Å²) in [4.78, 5) is 0. The summed E-state index contributed by atoms with van der Waals surface area (Å²) in [6, 6.07) is 24.6. The molecular formula is C18H17O2P. The van der Waals surface area contributed by atoms with E-state index in [9.17, 15) is 5.11 Å². The zero-order valence-electron chi connectivity index (χ0n) is 11.8. The second-order valence-corrected chi connectivity index (χ2v) is 7.00. The predicted octanol–water partition coefficient (Wildman–Crippen LogP) is 3.09. The number of furan rings is 1. The first-order chi connectivity index (χ1) is 10.3. The van der Waals surface area contributed by atoms with Crippen LogP contribution in [0, 0.1) is 0 Å². The van der Waals surface area contributed by atoms with Crippen LogP contribution in [-0.2, 0) is 0 Å². The normalized spacial score (nSPS) is 12.5. The zero-order chi connectivity index (χ0) is 14.7. The molecule has 0 aliphatic heterocycles.